The summed E-state index contributed by atoms with van der Waals surface area (Å²) < 4.78 is 7.38. The second-order valence-electron chi connectivity index (χ2n) is 6.92. The Labute approximate surface area is 176 Å². The Bertz CT molecular complexity index is 995. The highest BCUT2D eigenvalue weighted by molar-refractivity contribution is 5.91. The molecule has 0 spiro atoms. The van der Waals surface area contributed by atoms with Gasteiger partial charge in [0, 0.05) is 25.1 Å². The molecule has 158 valence electrons. The number of aryl methyl sites for hydroxylation is 1. The minimum absolute atomic E-state index is 0.0400. The van der Waals surface area contributed by atoms with E-state index in [2.05, 4.69) is 10.6 Å². The fourth-order valence-electron chi connectivity index (χ4n) is 3.24. The predicted molar refractivity (Wildman–Crippen MR) is 118 cm³/mol. The number of ether oxygens (including phenoxy) is 1. The number of amides is 2. The molecule has 2 aromatic carbocycles. The summed E-state index contributed by atoms with van der Waals surface area (Å²) in [6, 6.07) is 15.1. The topological polar surface area (TPSA) is 85.2 Å². The minimum atomic E-state index is -0.122. The first kappa shape index (κ1) is 21.4. The van der Waals surface area contributed by atoms with Crippen LogP contribution in [0, 0.1) is 0 Å². The Morgan fingerprint density at radius 2 is 1.80 bits per heavy atom. The summed E-state index contributed by atoms with van der Waals surface area (Å²) in [6.07, 6.45) is 1.91. The average molecular weight is 409 g/mol. The van der Waals surface area contributed by atoms with Crippen LogP contribution in [-0.2, 0) is 22.6 Å². The van der Waals surface area contributed by atoms with E-state index in [1.165, 1.54) is 0 Å². The van der Waals surface area contributed by atoms with Gasteiger partial charge in [0.15, 0.2) is 0 Å². The maximum Gasteiger partial charge on any atom is 0.244 e. The van der Waals surface area contributed by atoms with Gasteiger partial charge in [-0.25, -0.2) is 4.98 Å². The zero-order chi connectivity index (χ0) is 21.3. The van der Waals surface area contributed by atoms with Crippen LogP contribution in [-0.4, -0.2) is 34.5 Å². The SMILES string of the molecule is CCOc1ccc(NC(=O)Cn2c(CCCNC(=O)CC)nc3ccccc32)cc1. The average Bonchev–Trinajstić information content (AvgIpc) is 3.10. The Morgan fingerprint density at radius 1 is 1.03 bits per heavy atom. The summed E-state index contributed by atoms with van der Waals surface area (Å²) in [4.78, 5) is 28.8. The second-order valence-corrected chi connectivity index (χ2v) is 6.92. The number of imidazole rings is 1. The van der Waals surface area contributed by atoms with Gasteiger partial charge in [-0.1, -0.05) is 19.1 Å². The summed E-state index contributed by atoms with van der Waals surface area (Å²) in [5.74, 6) is 1.53. The van der Waals surface area contributed by atoms with Gasteiger partial charge in [0.2, 0.25) is 11.8 Å². The van der Waals surface area contributed by atoms with E-state index in [-0.39, 0.29) is 18.4 Å². The van der Waals surface area contributed by atoms with Crippen molar-refractivity contribution in [3.8, 4) is 5.75 Å². The summed E-state index contributed by atoms with van der Waals surface area (Å²) in [5, 5.41) is 5.81. The predicted octanol–water partition coefficient (Wildman–Crippen LogP) is 3.53. The van der Waals surface area contributed by atoms with Crippen LogP contribution in [0.25, 0.3) is 11.0 Å². The number of rotatable bonds is 10. The molecule has 0 aliphatic rings. The van der Waals surface area contributed by atoms with Crippen LogP contribution in [0.1, 0.15) is 32.5 Å². The van der Waals surface area contributed by atoms with E-state index >= 15 is 0 Å². The maximum atomic E-state index is 12.7. The lowest BCUT2D eigenvalue weighted by molar-refractivity contribution is -0.120. The minimum Gasteiger partial charge on any atom is -0.494 e. The van der Waals surface area contributed by atoms with Crippen LogP contribution in [0.2, 0.25) is 0 Å². The molecule has 7 heteroatoms. The van der Waals surface area contributed by atoms with Crippen molar-refractivity contribution in [2.45, 2.75) is 39.7 Å². The molecule has 3 aromatic rings. The highest BCUT2D eigenvalue weighted by Crippen LogP contribution is 2.19. The Balaban J connectivity index is 1.68. The van der Waals surface area contributed by atoms with E-state index in [0.717, 1.165) is 34.7 Å². The van der Waals surface area contributed by atoms with Crippen molar-refractivity contribution < 1.29 is 14.3 Å². The van der Waals surface area contributed by atoms with Crippen LogP contribution in [0.5, 0.6) is 5.75 Å². The van der Waals surface area contributed by atoms with Gasteiger partial charge in [-0.3, -0.25) is 9.59 Å². The van der Waals surface area contributed by atoms with Gasteiger partial charge >= 0.3 is 0 Å². The fourth-order valence-corrected chi connectivity index (χ4v) is 3.24. The lowest BCUT2D eigenvalue weighted by Crippen LogP contribution is -2.24. The van der Waals surface area contributed by atoms with Gasteiger partial charge in [0.25, 0.3) is 0 Å². The number of para-hydroxylation sites is 2. The molecule has 0 atom stereocenters. The highest BCUT2D eigenvalue weighted by Gasteiger charge is 2.14. The standard InChI is InChI=1S/C23H28N4O3/c1-3-22(28)24-15-7-10-21-26-19-8-5-6-9-20(19)27(21)16-23(29)25-17-11-13-18(14-12-17)30-4-2/h5-6,8-9,11-14H,3-4,7,10,15-16H2,1-2H3,(H,24,28)(H,25,29). The molecule has 3 rings (SSSR count). The molecular formula is C23H28N4O3. The van der Waals surface area contributed by atoms with Crippen LogP contribution in [0.3, 0.4) is 0 Å². The van der Waals surface area contributed by atoms with Crippen molar-refractivity contribution in [1.82, 2.24) is 14.9 Å². The number of hydrogen-bond acceptors (Lipinski definition) is 4. The first-order chi connectivity index (χ1) is 14.6. The zero-order valence-electron chi connectivity index (χ0n) is 17.5. The van der Waals surface area contributed by atoms with Crippen molar-refractivity contribution >= 4 is 28.5 Å². The van der Waals surface area contributed by atoms with E-state index in [9.17, 15) is 9.59 Å². The van der Waals surface area contributed by atoms with Gasteiger partial charge in [-0.05, 0) is 49.7 Å². The number of fused-ring (bicyclic) bond motifs is 1. The lowest BCUT2D eigenvalue weighted by atomic mass is 10.2. The van der Waals surface area contributed by atoms with Gasteiger partial charge in [0.05, 0.1) is 17.6 Å². The third-order valence-electron chi connectivity index (χ3n) is 4.70. The third kappa shape index (κ3) is 5.59. The molecule has 0 unspecified atom stereocenters. The Morgan fingerprint density at radius 3 is 2.53 bits per heavy atom. The normalized spacial score (nSPS) is 10.7. The Hall–Kier alpha value is -3.35. The van der Waals surface area contributed by atoms with Crippen molar-refractivity contribution in [1.29, 1.82) is 0 Å². The van der Waals surface area contributed by atoms with E-state index < -0.39 is 0 Å². The molecular weight excluding hydrogens is 380 g/mol. The largest absolute Gasteiger partial charge is 0.494 e. The van der Waals surface area contributed by atoms with E-state index in [1.807, 2.05) is 66.9 Å². The molecule has 0 radical (unpaired) electrons. The van der Waals surface area contributed by atoms with E-state index in [0.29, 0.717) is 26.0 Å². The molecule has 2 amide bonds. The fraction of sp³-hybridized carbons (Fsp3) is 0.348. The zero-order valence-corrected chi connectivity index (χ0v) is 17.5. The summed E-state index contributed by atoms with van der Waals surface area (Å²) in [7, 11) is 0. The van der Waals surface area contributed by atoms with Crippen LogP contribution in [0.4, 0.5) is 5.69 Å². The summed E-state index contributed by atoms with van der Waals surface area (Å²) in [6.45, 7) is 5.13. The molecule has 0 bridgehead atoms. The maximum absolute atomic E-state index is 12.7. The molecule has 0 aliphatic heterocycles. The molecule has 7 nitrogen and oxygen atoms in total. The molecule has 0 saturated carbocycles. The monoisotopic (exact) mass is 408 g/mol. The molecule has 0 fully saturated rings. The van der Waals surface area contributed by atoms with Crippen LogP contribution < -0.4 is 15.4 Å². The van der Waals surface area contributed by atoms with Gasteiger partial charge in [-0.15, -0.1) is 0 Å². The Kier molecular flexibility index (Phi) is 7.43. The molecule has 1 heterocycles. The van der Waals surface area contributed by atoms with Crippen LogP contribution in [0.15, 0.2) is 48.5 Å². The number of carbonyl (C=O) groups excluding carboxylic acids is 2. The smallest absolute Gasteiger partial charge is 0.244 e. The van der Waals surface area contributed by atoms with Crippen molar-refractivity contribution in [2.75, 3.05) is 18.5 Å². The van der Waals surface area contributed by atoms with E-state index in [1.54, 1.807) is 0 Å². The summed E-state index contributed by atoms with van der Waals surface area (Å²) in [5.41, 5.74) is 2.50. The van der Waals surface area contributed by atoms with Crippen LogP contribution >= 0.6 is 0 Å². The molecule has 30 heavy (non-hydrogen) atoms. The number of nitrogens with zero attached hydrogens (tertiary/aromatic N) is 2. The van der Waals surface area contributed by atoms with Crippen molar-refractivity contribution in [2.24, 2.45) is 0 Å². The highest BCUT2D eigenvalue weighted by atomic mass is 16.5. The first-order valence-electron chi connectivity index (χ1n) is 10.3. The number of benzene rings is 2. The van der Waals surface area contributed by atoms with E-state index in [4.69, 9.17) is 9.72 Å². The number of nitrogens with one attached hydrogen (secondary N) is 2. The lowest BCUT2D eigenvalue weighted by Gasteiger charge is -2.11. The van der Waals surface area contributed by atoms with Crippen molar-refractivity contribution in [3.05, 3.63) is 54.4 Å². The number of aromatic nitrogens is 2. The van der Waals surface area contributed by atoms with Gasteiger partial charge in [-0.2, -0.15) is 0 Å². The molecule has 2 N–H and O–H groups in total. The summed E-state index contributed by atoms with van der Waals surface area (Å²) >= 11 is 0. The third-order valence-corrected chi connectivity index (χ3v) is 4.70. The first-order valence-corrected chi connectivity index (χ1v) is 10.3. The second kappa shape index (κ2) is 10.4. The number of carbonyl (C=O) groups is 2. The molecule has 0 aliphatic carbocycles. The van der Waals surface area contributed by atoms with Crippen molar-refractivity contribution in [3.63, 3.8) is 0 Å². The molecule has 0 saturated heterocycles. The number of anilines is 1. The number of hydrogen-bond donors (Lipinski definition) is 2. The quantitative estimate of drug-likeness (QED) is 0.503. The van der Waals surface area contributed by atoms with Gasteiger partial charge < -0.3 is 19.9 Å². The molecule has 1 aromatic heterocycles. The van der Waals surface area contributed by atoms with Gasteiger partial charge in [0.1, 0.15) is 18.1 Å².